The van der Waals surface area contributed by atoms with Crippen molar-refractivity contribution in [2.75, 3.05) is 57.7 Å². The number of anilines is 1. The summed E-state index contributed by atoms with van der Waals surface area (Å²) in [4.78, 5) is 42.7. The summed E-state index contributed by atoms with van der Waals surface area (Å²) < 4.78 is 37.2. The molecule has 3 amide bonds. The van der Waals surface area contributed by atoms with Crippen molar-refractivity contribution in [2.45, 2.75) is 38.4 Å². The molecule has 0 saturated carbocycles. The first-order chi connectivity index (χ1) is 16.2. The Morgan fingerprint density at radius 2 is 1.74 bits per heavy atom. The lowest BCUT2D eigenvalue weighted by Gasteiger charge is -2.35. The van der Waals surface area contributed by atoms with E-state index in [9.17, 15) is 27.6 Å². The zero-order valence-electron chi connectivity index (χ0n) is 19.4. The second-order valence-electron chi connectivity index (χ2n) is 8.68. The molecule has 0 aliphatic carbocycles. The van der Waals surface area contributed by atoms with Crippen LogP contribution in [0.5, 0.6) is 0 Å². The highest BCUT2D eigenvalue weighted by atomic mass is 19.4. The van der Waals surface area contributed by atoms with Crippen LogP contribution in [0.25, 0.3) is 0 Å². The summed E-state index contributed by atoms with van der Waals surface area (Å²) in [6.07, 6.45) is -2.56. The SMILES string of the molecule is CCc1ccccc1NC(=O)CN1CCN(C(=O)CN2CCCC2C(=O)NCC(F)(F)F)CC1. The third-order valence-electron chi connectivity index (χ3n) is 6.23. The van der Waals surface area contributed by atoms with Crippen LogP contribution in [0.2, 0.25) is 0 Å². The van der Waals surface area contributed by atoms with Gasteiger partial charge in [0.2, 0.25) is 17.7 Å². The van der Waals surface area contributed by atoms with Crippen LogP contribution in [0.4, 0.5) is 18.9 Å². The Balaban J connectivity index is 1.42. The Hall–Kier alpha value is -2.66. The number of nitrogens with one attached hydrogen (secondary N) is 2. The Morgan fingerprint density at radius 1 is 1.03 bits per heavy atom. The highest BCUT2D eigenvalue weighted by Crippen LogP contribution is 2.19. The van der Waals surface area contributed by atoms with E-state index in [-0.39, 0.29) is 24.9 Å². The van der Waals surface area contributed by atoms with Crippen LogP contribution in [0.1, 0.15) is 25.3 Å². The third kappa shape index (κ3) is 7.42. The van der Waals surface area contributed by atoms with Gasteiger partial charge in [0, 0.05) is 31.9 Å². The van der Waals surface area contributed by atoms with Gasteiger partial charge >= 0.3 is 6.18 Å². The largest absolute Gasteiger partial charge is 0.405 e. The number of alkyl halides is 3. The van der Waals surface area contributed by atoms with Gasteiger partial charge in [-0.1, -0.05) is 25.1 Å². The number of rotatable bonds is 8. The minimum Gasteiger partial charge on any atom is -0.346 e. The minimum absolute atomic E-state index is 0.00159. The molecule has 2 N–H and O–H groups in total. The van der Waals surface area contributed by atoms with Crippen LogP contribution in [0.3, 0.4) is 0 Å². The zero-order valence-corrected chi connectivity index (χ0v) is 19.4. The number of carbonyl (C=O) groups excluding carboxylic acids is 3. The van der Waals surface area contributed by atoms with Crippen LogP contribution in [0, 0.1) is 0 Å². The van der Waals surface area contributed by atoms with Crippen molar-refractivity contribution >= 4 is 23.4 Å². The van der Waals surface area contributed by atoms with Crippen LogP contribution in [-0.2, 0) is 20.8 Å². The summed E-state index contributed by atoms with van der Waals surface area (Å²) in [6, 6.07) is 6.95. The van der Waals surface area contributed by atoms with E-state index in [4.69, 9.17) is 0 Å². The second-order valence-corrected chi connectivity index (χ2v) is 8.68. The fraction of sp³-hybridized carbons (Fsp3) is 0.609. The number of benzene rings is 1. The van der Waals surface area contributed by atoms with E-state index in [0.29, 0.717) is 45.6 Å². The predicted molar refractivity (Wildman–Crippen MR) is 121 cm³/mol. The first-order valence-corrected chi connectivity index (χ1v) is 11.6. The van der Waals surface area contributed by atoms with Crippen molar-refractivity contribution < 1.29 is 27.6 Å². The fourth-order valence-corrected chi connectivity index (χ4v) is 4.39. The van der Waals surface area contributed by atoms with E-state index in [1.807, 2.05) is 41.4 Å². The summed E-state index contributed by atoms with van der Waals surface area (Å²) in [5.41, 5.74) is 1.88. The van der Waals surface area contributed by atoms with Gasteiger partial charge in [-0.05, 0) is 37.4 Å². The average Bonchev–Trinajstić information content (AvgIpc) is 3.26. The van der Waals surface area contributed by atoms with E-state index in [2.05, 4.69) is 5.32 Å². The van der Waals surface area contributed by atoms with Gasteiger partial charge in [-0.2, -0.15) is 13.2 Å². The Bertz CT molecular complexity index is 872. The molecule has 11 heteroatoms. The molecule has 188 valence electrons. The van der Waals surface area contributed by atoms with Gasteiger partial charge in [-0.25, -0.2) is 0 Å². The smallest absolute Gasteiger partial charge is 0.346 e. The molecule has 2 fully saturated rings. The highest BCUT2D eigenvalue weighted by molar-refractivity contribution is 5.93. The van der Waals surface area contributed by atoms with Gasteiger partial charge in [0.05, 0.1) is 19.1 Å². The maximum Gasteiger partial charge on any atom is 0.405 e. The van der Waals surface area contributed by atoms with Gasteiger partial charge in [0.1, 0.15) is 6.54 Å². The molecule has 0 radical (unpaired) electrons. The van der Waals surface area contributed by atoms with Gasteiger partial charge in [0.25, 0.3) is 0 Å². The number of carbonyl (C=O) groups is 3. The van der Waals surface area contributed by atoms with Gasteiger partial charge in [0.15, 0.2) is 0 Å². The lowest BCUT2D eigenvalue weighted by molar-refractivity contribution is -0.142. The maximum absolute atomic E-state index is 12.8. The van der Waals surface area contributed by atoms with E-state index in [0.717, 1.165) is 17.7 Å². The summed E-state index contributed by atoms with van der Waals surface area (Å²) in [6.45, 7) is 3.38. The molecule has 0 aromatic heterocycles. The number of amides is 3. The van der Waals surface area contributed by atoms with Crippen LogP contribution in [0.15, 0.2) is 24.3 Å². The second kappa shape index (κ2) is 11.7. The fourth-order valence-electron chi connectivity index (χ4n) is 4.39. The quantitative estimate of drug-likeness (QED) is 0.585. The predicted octanol–water partition coefficient (Wildman–Crippen LogP) is 1.47. The standard InChI is InChI=1S/C23H32F3N5O3/c1-2-17-6-3-4-7-18(17)28-20(32)14-29-10-12-30(13-11-29)21(33)15-31-9-5-8-19(31)22(34)27-16-23(24,25)26/h3-4,6-7,19H,2,5,8-16H2,1H3,(H,27,34)(H,28,32). The average molecular weight is 484 g/mol. The number of aryl methyl sites for hydroxylation is 1. The van der Waals surface area contributed by atoms with Crippen molar-refractivity contribution in [3.63, 3.8) is 0 Å². The molecule has 34 heavy (non-hydrogen) atoms. The maximum atomic E-state index is 12.8. The van der Waals surface area contributed by atoms with Gasteiger partial charge in [-0.3, -0.25) is 24.2 Å². The van der Waals surface area contributed by atoms with Crippen molar-refractivity contribution in [2.24, 2.45) is 0 Å². The van der Waals surface area contributed by atoms with Crippen LogP contribution in [-0.4, -0.2) is 97.0 Å². The number of halogens is 3. The first-order valence-electron chi connectivity index (χ1n) is 11.6. The number of hydrogen-bond donors (Lipinski definition) is 2. The molecule has 1 aromatic carbocycles. The molecular formula is C23H32F3N5O3. The van der Waals surface area contributed by atoms with Crippen molar-refractivity contribution in [1.82, 2.24) is 20.0 Å². The molecule has 3 rings (SSSR count). The number of piperazine rings is 1. The lowest BCUT2D eigenvalue weighted by atomic mass is 10.1. The Kier molecular flexibility index (Phi) is 8.90. The molecule has 1 unspecified atom stereocenters. The number of hydrogen-bond acceptors (Lipinski definition) is 5. The Morgan fingerprint density at radius 3 is 2.41 bits per heavy atom. The van der Waals surface area contributed by atoms with E-state index >= 15 is 0 Å². The first kappa shape index (κ1) is 26.0. The van der Waals surface area contributed by atoms with Crippen molar-refractivity contribution in [3.05, 3.63) is 29.8 Å². The van der Waals surface area contributed by atoms with Crippen molar-refractivity contribution in [1.29, 1.82) is 0 Å². The summed E-state index contributed by atoms with van der Waals surface area (Å²) in [5, 5.41) is 4.87. The molecule has 2 aliphatic heterocycles. The minimum atomic E-state index is -4.47. The van der Waals surface area contributed by atoms with Gasteiger partial charge in [-0.15, -0.1) is 0 Å². The van der Waals surface area contributed by atoms with E-state index in [1.165, 1.54) is 0 Å². The molecule has 1 aromatic rings. The summed E-state index contributed by atoms with van der Waals surface area (Å²) in [7, 11) is 0. The summed E-state index contributed by atoms with van der Waals surface area (Å²) in [5.74, 6) is -0.954. The molecule has 8 nitrogen and oxygen atoms in total. The van der Waals surface area contributed by atoms with E-state index < -0.39 is 24.7 Å². The molecule has 2 saturated heterocycles. The number of nitrogens with zero attached hydrogens (tertiary/aromatic N) is 3. The molecule has 2 heterocycles. The number of likely N-dealkylation sites (tertiary alicyclic amines) is 1. The lowest BCUT2D eigenvalue weighted by Crippen LogP contribution is -2.54. The molecule has 0 bridgehead atoms. The molecule has 0 spiro atoms. The Labute approximate surface area is 197 Å². The molecular weight excluding hydrogens is 451 g/mol. The topological polar surface area (TPSA) is 85.0 Å². The van der Waals surface area contributed by atoms with Crippen LogP contribution < -0.4 is 10.6 Å². The highest BCUT2D eigenvalue weighted by Gasteiger charge is 2.35. The zero-order chi connectivity index (χ0) is 24.7. The van der Waals surface area contributed by atoms with Crippen molar-refractivity contribution in [3.8, 4) is 0 Å². The summed E-state index contributed by atoms with van der Waals surface area (Å²) >= 11 is 0. The molecule has 2 aliphatic rings. The van der Waals surface area contributed by atoms with Crippen LogP contribution >= 0.6 is 0 Å². The third-order valence-corrected chi connectivity index (χ3v) is 6.23. The van der Waals surface area contributed by atoms with Gasteiger partial charge < -0.3 is 15.5 Å². The monoisotopic (exact) mass is 483 g/mol. The normalized spacial score (nSPS) is 19.8. The van der Waals surface area contributed by atoms with E-state index in [1.54, 1.807) is 9.80 Å². The molecule has 1 atom stereocenters. The number of para-hydroxylation sites is 1.